The Morgan fingerprint density at radius 3 is 2.56 bits per heavy atom. The van der Waals surface area contributed by atoms with Crippen LogP contribution in [0.1, 0.15) is 27.2 Å². The molecule has 1 aliphatic rings. The normalized spacial score (nSPS) is 24.3. The summed E-state index contributed by atoms with van der Waals surface area (Å²) in [6.45, 7) is 9.05. The highest BCUT2D eigenvalue weighted by Crippen LogP contribution is 2.29. The number of anilines is 1. The summed E-state index contributed by atoms with van der Waals surface area (Å²) in [5.74, 6) is 1.32. The zero-order valence-electron chi connectivity index (χ0n) is 11.2. The lowest BCUT2D eigenvalue weighted by molar-refractivity contribution is 0.356. The van der Waals surface area contributed by atoms with Crippen LogP contribution in [0.15, 0.2) is 15.5 Å². The van der Waals surface area contributed by atoms with Gasteiger partial charge in [0.25, 0.3) is 5.56 Å². The van der Waals surface area contributed by atoms with Crippen LogP contribution in [-0.4, -0.2) is 22.9 Å². The van der Waals surface area contributed by atoms with Crippen molar-refractivity contribution >= 4 is 21.6 Å². The first-order chi connectivity index (χ1) is 8.52. The number of hydrogen-bond donors (Lipinski definition) is 0. The molecule has 2 atom stereocenters. The molecule has 1 aromatic rings. The molecule has 1 saturated heterocycles. The van der Waals surface area contributed by atoms with Crippen molar-refractivity contribution in [1.82, 2.24) is 9.78 Å². The van der Waals surface area contributed by atoms with Crippen LogP contribution in [0.5, 0.6) is 0 Å². The third-order valence-corrected chi connectivity index (χ3v) is 4.22. The van der Waals surface area contributed by atoms with Crippen LogP contribution in [0.25, 0.3) is 0 Å². The van der Waals surface area contributed by atoms with Gasteiger partial charge in [0.05, 0.1) is 11.9 Å². The first kappa shape index (κ1) is 13.6. The van der Waals surface area contributed by atoms with Crippen LogP contribution in [0.2, 0.25) is 0 Å². The van der Waals surface area contributed by atoms with E-state index in [0.29, 0.717) is 22.9 Å². The molecule has 0 aromatic carbocycles. The van der Waals surface area contributed by atoms with Crippen molar-refractivity contribution < 1.29 is 0 Å². The summed E-state index contributed by atoms with van der Waals surface area (Å²) in [4.78, 5) is 14.3. The lowest BCUT2D eigenvalue weighted by Gasteiger charge is -2.36. The van der Waals surface area contributed by atoms with Crippen molar-refractivity contribution in [2.24, 2.45) is 11.8 Å². The van der Waals surface area contributed by atoms with Gasteiger partial charge in [-0.2, -0.15) is 5.10 Å². The Hall–Kier alpha value is -0.840. The summed E-state index contributed by atoms with van der Waals surface area (Å²) in [5.41, 5.74) is 0.893. The Morgan fingerprint density at radius 2 is 2.00 bits per heavy atom. The third-order valence-electron chi connectivity index (χ3n) is 3.48. The van der Waals surface area contributed by atoms with Gasteiger partial charge in [0.1, 0.15) is 4.47 Å². The van der Waals surface area contributed by atoms with Crippen molar-refractivity contribution in [3.05, 3.63) is 21.0 Å². The van der Waals surface area contributed by atoms with E-state index >= 15 is 0 Å². The molecule has 0 unspecified atom stereocenters. The average Bonchev–Trinajstić information content (AvgIpc) is 2.31. The number of aromatic nitrogens is 2. The Kier molecular flexibility index (Phi) is 4.10. The van der Waals surface area contributed by atoms with Crippen LogP contribution in [0.4, 0.5) is 5.69 Å². The summed E-state index contributed by atoms with van der Waals surface area (Å²) < 4.78 is 2.12. The lowest BCUT2D eigenvalue weighted by Crippen LogP contribution is -2.40. The second-order valence-corrected chi connectivity index (χ2v) is 6.11. The SMILES string of the molecule is CCn1ncc(N2C[C@@H](C)C[C@H](C)C2)c(Br)c1=O. The fourth-order valence-electron chi connectivity index (χ4n) is 2.76. The van der Waals surface area contributed by atoms with Gasteiger partial charge < -0.3 is 4.90 Å². The highest BCUT2D eigenvalue weighted by atomic mass is 79.9. The minimum absolute atomic E-state index is 0.0409. The molecule has 0 aliphatic carbocycles. The minimum Gasteiger partial charge on any atom is -0.369 e. The molecule has 0 bridgehead atoms. The molecule has 4 nitrogen and oxygen atoms in total. The summed E-state index contributed by atoms with van der Waals surface area (Å²) in [7, 11) is 0. The van der Waals surface area contributed by atoms with Crippen LogP contribution in [0, 0.1) is 11.8 Å². The quantitative estimate of drug-likeness (QED) is 0.842. The molecule has 100 valence electrons. The zero-order valence-corrected chi connectivity index (χ0v) is 12.8. The summed E-state index contributed by atoms with van der Waals surface area (Å²) in [6, 6.07) is 0. The average molecular weight is 314 g/mol. The summed E-state index contributed by atoms with van der Waals surface area (Å²) in [5, 5.41) is 4.22. The molecule has 0 radical (unpaired) electrons. The van der Waals surface area contributed by atoms with Crippen LogP contribution in [0.3, 0.4) is 0 Å². The van der Waals surface area contributed by atoms with Gasteiger partial charge in [0.2, 0.25) is 0 Å². The van der Waals surface area contributed by atoms with Gasteiger partial charge in [-0.1, -0.05) is 13.8 Å². The van der Waals surface area contributed by atoms with Gasteiger partial charge in [0, 0.05) is 19.6 Å². The largest absolute Gasteiger partial charge is 0.369 e. The van der Waals surface area contributed by atoms with Gasteiger partial charge in [-0.3, -0.25) is 4.79 Å². The maximum Gasteiger partial charge on any atom is 0.283 e. The van der Waals surface area contributed by atoms with Crippen LogP contribution < -0.4 is 10.5 Å². The summed E-state index contributed by atoms with van der Waals surface area (Å²) >= 11 is 3.43. The van der Waals surface area contributed by atoms with E-state index in [9.17, 15) is 4.79 Å². The molecule has 0 N–H and O–H groups in total. The highest BCUT2D eigenvalue weighted by Gasteiger charge is 2.24. The third kappa shape index (κ3) is 2.60. The topological polar surface area (TPSA) is 38.1 Å². The molecule has 1 aromatic heterocycles. The second-order valence-electron chi connectivity index (χ2n) is 5.32. The smallest absolute Gasteiger partial charge is 0.283 e. The number of nitrogens with zero attached hydrogens (tertiary/aromatic N) is 3. The van der Waals surface area contributed by atoms with Gasteiger partial charge in [0.15, 0.2) is 0 Å². The molecular formula is C13H20BrN3O. The molecule has 0 saturated carbocycles. The highest BCUT2D eigenvalue weighted by molar-refractivity contribution is 9.10. The first-order valence-electron chi connectivity index (χ1n) is 6.53. The molecule has 1 fully saturated rings. The molecule has 0 amide bonds. The monoisotopic (exact) mass is 313 g/mol. The number of halogens is 1. The predicted octanol–water partition coefficient (Wildman–Crippen LogP) is 2.51. The van der Waals surface area contributed by atoms with Crippen LogP contribution >= 0.6 is 15.9 Å². The maximum absolute atomic E-state index is 12.1. The number of hydrogen-bond acceptors (Lipinski definition) is 3. The van der Waals surface area contributed by atoms with Crippen LogP contribution in [-0.2, 0) is 6.54 Å². The zero-order chi connectivity index (χ0) is 13.3. The van der Waals surface area contributed by atoms with Gasteiger partial charge in [-0.25, -0.2) is 4.68 Å². The number of aryl methyl sites for hydroxylation is 1. The van der Waals surface area contributed by atoms with Crippen molar-refractivity contribution in [2.75, 3.05) is 18.0 Å². The standard InChI is InChI=1S/C13H20BrN3O/c1-4-17-13(18)12(14)11(6-15-17)16-7-9(2)5-10(3)8-16/h6,9-10H,4-5,7-8H2,1-3H3/t9-,10-/m0/s1. The van der Waals surface area contributed by atoms with E-state index in [2.05, 4.69) is 39.8 Å². The fourth-order valence-corrected chi connectivity index (χ4v) is 3.32. The van der Waals surface area contributed by atoms with E-state index in [1.54, 1.807) is 6.20 Å². The van der Waals surface area contributed by atoms with Gasteiger partial charge >= 0.3 is 0 Å². The molecule has 2 rings (SSSR count). The Balaban J connectivity index is 2.34. The summed E-state index contributed by atoms with van der Waals surface area (Å²) in [6.07, 6.45) is 3.06. The molecule has 1 aliphatic heterocycles. The molecule has 5 heteroatoms. The molecule has 0 spiro atoms. The first-order valence-corrected chi connectivity index (χ1v) is 7.32. The van der Waals surface area contributed by atoms with E-state index in [-0.39, 0.29) is 5.56 Å². The van der Waals surface area contributed by atoms with E-state index in [0.717, 1.165) is 18.8 Å². The Bertz CT molecular complexity index is 476. The van der Waals surface area contributed by atoms with E-state index in [1.807, 2.05) is 6.92 Å². The number of rotatable bonds is 2. The molecule has 2 heterocycles. The predicted molar refractivity (Wildman–Crippen MR) is 77.0 cm³/mol. The van der Waals surface area contributed by atoms with E-state index in [1.165, 1.54) is 11.1 Å². The molecular weight excluding hydrogens is 294 g/mol. The molecule has 18 heavy (non-hydrogen) atoms. The second kappa shape index (κ2) is 5.43. The van der Waals surface area contributed by atoms with Gasteiger partial charge in [-0.05, 0) is 41.1 Å². The number of piperidine rings is 1. The Morgan fingerprint density at radius 1 is 1.39 bits per heavy atom. The minimum atomic E-state index is -0.0409. The van der Waals surface area contributed by atoms with Crippen molar-refractivity contribution in [3.63, 3.8) is 0 Å². The van der Waals surface area contributed by atoms with Gasteiger partial charge in [-0.15, -0.1) is 0 Å². The van der Waals surface area contributed by atoms with Crippen molar-refractivity contribution in [2.45, 2.75) is 33.7 Å². The fraction of sp³-hybridized carbons (Fsp3) is 0.692. The Labute approximate surface area is 116 Å². The van der Waals surface area contributed by atoms with E-state index < -0.39 is 0 Å². The lowest BCUT2D eigenvalue weighted by atomic mass is 9.92. The maximum atomic E-state index is 12.1. The van der Waals surface area contributed by atoms with Crippen molar-refractivity contribution in [3.8, 4) is 0 Å². The van der Waals surface area contributed by atoms with E-state index in [4.69, 9.17) is 0 Å². The van der Waals surface area contributed by atoms with Crippen molar-refractivity contribution in [1.29, 1.82) is 0 Å².